The minimum Gasteiger partial charge on any atom is -0.310 e. The molecule has 1 unspecified atom stereocenters. The summed E-state index contributed by atoms with van der Waals surface area (Å²) in [6, 6.07) is 1.79. The lowest BCUT2D eigenvalue weighted by Crippen LogP contribution is -2.27. The zero-order valence-electron chi connectivity index (χ0n) is 11.4. The van der Waals surface area contributed by atoms with Crippen LogP contribution in [0, 0.1) is 5.92 Å². The van der Waals surface area contributed by atoms with Crippen LogP contribution in [0.2, 0.25) is 0 Å². The number of carbonyl (C=O) groups is 1. The molecule has 18 heavy (non-hydrogen) atoms. The fraction of sp³-hybridized carbons (Fsp3) is 0.615. The highest BCUT2D eigenvalue weighted by molar-refractivity contribution is 5.90. The van der Waals surface area contributed by atoms with E-state index >= 15 is 0 Å². The maximum atomic E-state index is 11.8. The number of hydrogen-bond donors (Lipinski definition) is 1. The summed E-state index contributed by atoms with van der Waals surface area (Å²) in [5.74, 6) is 0.0492. The van der Waals surface area contributed by atoms with Crippen molar-refractivity contribution in [1.82, 2.24) is 9.55 Å². The van der Waals surface area contributed by atoms with E-state index in [9.17, 15) is 9.59 Å². The number of nitrogens with zero attached hydrogens (tertiary/aromatic N) is 2. The molecule has 1 N–H and O–H groups in total. The third-order valence-corrected chi connectivity index (χ3v) is 2.79. The van der Waals surface area contributed by atoms with Crippen molar-refractivity contribution in [3.63, 3.8) is 0 Å². The maximum Gasteiger partial charge on any atom is 0.349 e. The van der Waals surface area contributed by atoms with Crippen LogP contribution in [0.15, 0.2) is 17.1 Å². The van der Waals surface area contributed by atoms with E-state index in [0.29, 0.717) is 5.82 Å². The van der Waals surface area contributed by atoms with Crippen molar-refractivity contribution in [3.05, 3.63) is 22.7 Å². The lowest BCUT2D eigenvalue weighted by molar-refractivity contribution is -0.118. The molecule has 1 heterocycles. The monoisotopic (exact) mass is 251 g/mol. The molecule has 0 fully saturated rings. The summed E-state index contributed by atoms with van der Waals surface area (Å²) in [7, 11) is 0. The summed E-state index contributed by atoms with van der Waals surface area (Å²) in [6.07, 6.45) is 3.63. The van der Waals surface area contributed by atoms with Gasteiger partial charge in [0.05, 0.1) is 0 Å². The van der Waals surface area contributed by atoms with Gasteiger partial charge in [-0.15, -0.1) is 0 Å². The van der Waals surface area contributed by atoms with E-state index in [1.54, 1.807) is 30.7 Å². The molecule has 0 bridgehead atoms. The molecule has 0 radical (unpaired) electrons. The van der Waals surface area contributed by atoms with Gasteiger partial charge in [-0.25, -0.2) is 4.79 Å². The Hall–Kier alpha value is -1.65. The van der Waals surface area contributed by atoms with Crippen LogP contribution < -0.4 is 11.0 Å². The molecule has 0 saturated carbocycles. The number of anilines is 1. The van der Waals surface area contributed by atoms with Crippen LogP contribution in [0.3, 0.4) is 0 Å². The Labute approximate surface area is 107 Å². The van der Waals surface area contributed by atoms with Gasteiger partial charge in [0.2, 0.25) is 5.91 Å². The predicted octanol–water partition coefficient (Wildman–Crippen LogP) is 2.20. The number of aromatic nitrogens is 2. The molecule has 0 aliphatic heterocycles. The van der Waals surface area contributed by atoms with E-state index in [2.05, 4.69) is 17.2 Å². The highest BCUT2D eigenvalue weighted by Gasteiger charge is 2.10. The molecule has 1 aromatic heterocycles. The molecule has 1 amide bonds. The largest absolute Gasteiger partial charge is 0.349 e. The Morgan fingerprint density at radius 1 is 1.44 bits per heavy atom. The molecule has 5 heteroatoms. The fourth-order valence-corrected chi connectivity index (χ4v) is 1.65. The molecule has 100 valence electrons. The lowest BCUT2D eigenvalue weighted by Gasteiger charge is -2.14. The third kappa shape index (κ3) is 3.68. The van der Waals surface area contributed by atoms with Crippen molar-refractivity contribution < 1.29 is 4.79 Å². The summed E-state index contributed by atoms with van der Waals surface area (Å²) >= 11 is 0. The molecule has 0 saturated heterocycles. The minimum absolute atomic E-state index is 0.129. The van der Waals surface area contributed by atoms with E-state index in [-0.39, 0.29) is 23.6 Å². The van der Waals surface area contributed by atoms with Crippen molar-refractivity contribution in [2.75, 3.05) is 5.32 Å². The average Bonchev–Trinajstić information content (AvgIpc) is 2.29. The van der Waals surface area contributed by atoms with Crippen molar-refractivity contribution in [2.24, 2.45) is 5.92 Å². The molecule has 0 aliphatic rings. The van der Waals surface area contributed by atoms with Crippen LogP contribution >= 0.6 is 0 Å². The van der Waals surface area contributed by atoms with Gasteiger partial charge in [0, 0.05) is 18.2 Å². The average molecular weight is 251 g/mol. The van der Waals surface area contributed by atoms with Gasteiger partial charge in [-0.05, 0) is 19.4 Å². The predicted molar refractivity (Wildman–Crippen MR) is 71.6 cm³/mol. The van der Waals surface area contributed by atoms with Gasteiger partial charge in [-0.2, -0.15) is 4.98 Å². The number of rotatable bonds is 5. The van der Waals surface area contributed by atoms with Gasteiger partial charge in [-0.1, -0.05) is 27.2 Å². The van der Waals surface area contributed by atoms with Gasteiger partial charge < -0.3 is 5.32 Å². The van der Waals surface area contributed by atoms with Gasteiger partial charge in [0.15, 0.2) is 0 Å². The summed E-state index contributed by atoms with van der Waals surface area (Å²) in [4.78, 5) is 27.2. The van der Waals surface area contributed by atoms with Crippen molar-refractivity contribution in [2.45, 2.75) is 46.6 Å². The van der Waals surface area contributed by atoms with Crippen LogP contribution in [0.5, 0.6) is 0 Å². The first-order valence-corrected chi connectivity index (χ1v) is 6.35. The smallest absolute Gasteiger partial charge is 0.310 e. The molecular weight excluding hydrogens is 230 g/mol. The van der Waals surface area contributed by atoms with Crippen LogP contribution in [-0.4, -0.2) is 15.5 Å². The van der Waals surface area contributed by atoms with E-state index in [4.69, 9.17) is 0 Å². The van der Waals surface area contributed by atoms with Crippen molar-refractivity contribution in [1.29, 1.82) is 0 Å². The second-order valence-electron chi connectivity index (χ2n) is 4.78. The van der Waals surface area contributed by atoms with Crippen LogP contribution in [0.4, 0.5) is 5.82 Å². The number of nitrogens with one attached hydrogen (secondary N) is 1. The Kier molecular flexibility index (Phi) is 5.07. The molecule has 1 rings (SSSR count). The van der Waals surface area contributed by atoms with E-state index in [1.165, 1.54) is 0 Å². The molecule has 1 aromatic rings. The summed E-state index contributed by atoms with van der Waals surface area (Å²) in [6.45, 7) is 7.64. The van der Waals surface area contributed by atoms with E-state index < -0.39 is 0 Å². The van der Waals surface area contributed by atoms with Gasteiger partial charge >= 0.3 is 5.69 Å². The van der Waals surface area contributed by atoms with E-state index in [1.807, 2.05) is 6.92 Å². The van der Waals surface area contributed by atoms with Crippen molar-refractivity contribution >= 4 is 11.7 Å². The Morgan fingerprint density at radius 2 is 2.11 bits per heavy atom. The maximum absolute atomic E-state index is 11.8. The van der Waals surface area contributed by atoms with Crippen molar-refractivity contribution in [3.8, 4) is 0 Å². The van der Waals surface area contributed by atoms with E-state index in [0.717, 1.165) is 12.8 Å². The van der Waals surface area contributed by atoms with Crippen LogP contribution in [0.25, 0.3) is 0 Å². The highest BCUT2D eigenvalue weighted by atomic mass is 16.2. The number of amides is 1. The quantitative estimate of drug-likeness (QED) is 0.872. The van der Waals surface area contributed by atoms with Crippen LogP contribution in [0.1, 0.15) is 46.6 Å². The third-order valence-electron chi connectivity index (χ3n) is 2.79. The second-order valence-corrected chi connectivity index (χ2v) is 4.78. The normalized spacial score (nSPS) is 12.5. The number of carbonyl (C=O) groups excluding carboxylic acids is 1. The Balaban J connectivity index is 2.86. The first-order chi connectivity index (χ1) is 8.45. The highest BCUT2D eigenvalue weighted by Crippen LogP contribution is 2.10. The Bertz CT molecular complexity index is 466. The number of hydrogen-bond acceptors (Lipinski definition) is 3. The van der Waals surface area contributed by atoms with Gasteiger partial charge in [0.1, 0.15) is 5.82 Å². The molecule has 0 spiro atoms. The molecule has 0 aromatic carbocycles. The summed E-state index contributed by atoms with van der Waals surface area (Å²) < 4.78 is 1.59. The first kappa shape index (κ1) is 14.4. The minimum atomic E-state index is -0.322. The molecule has 1 atom stereocenters. The zero-order chi connectivity index (χ0) is 13.7. The zero-order valence-corrected chi connectivity index (χ0v) is 11.4. The summed E-state index contributed by atoms with van der Waals surface area (Å²) in [5, 5.41) is 2.62. The molecular formula is C13H21N3O2. The standard InChI is InChI=1S/C13H21N3O2/c1-5-6-10(4)16-8-7-11(15-13(16)18)14-12(17)9(2)3/h7-10H,5-6H2,1-4H3,(H,14,15,17,18). The second kappa shape index (κ2) is 6.33. The van der Waals surface area contributed by atoms with Gasteiger partial charge in [-0.3, -0.25) is 9.36 Å². The Morgan fingerprint density at radius 3 is 2.61 bits per heavy atom. The molecule has 0 aliphatic carbocycles. The first-order valence-electron chi connectivity index (χ1n) is 6.35. The van der Waals surface area contributed by atoms with Crippen LogP contribution in [-0.2, 0) is 4.79 Å². The molecule has 5 nitrogen and oxygen atoms in total. The topological polar surface area (TPSA) is 64.0 Å². The fourth-order valence-electron chi connectivity index (χ4n) is 1.65. The SMILES string of the molecule is CCCC(C)n1ccc(NC(=O)C(C)C)nc1=O. The van der Waals surface area contributed by atoms with Gasteiger partial charge in [0.25, 0.3) is 0 Å². The lowest BCUT2D eigenvalue weighted by atomic mass is 10.2. The summed E-state index contributed by atoms with van der Waals surface area (Å²) in [5.41, 5.74) is -0.322.